The molecule has 0 saturated carbocycles. The fraction of sp³-hybridized carbons (Fsp3) is 0.278. The van der Waals surface area contributed by atoms with Crippen LogP contribution >= 0.6 is 0 Å². The van der Waals surface area contributed by atoms with Gasteiger partial charge in [-0.1, -0.05) is 18.2 Å². The molecule has 1 atom stereocenters. The van der Waals surface area contributed by atoms with Crippen LogP contribution in [0.25, 0.3) is 0 Å². The molecule has 1 N–H and O–H groups in total. The van der Waals surface area contributed by atoms with Gasteiger partial charge in [0.15, 0.2) is 9.84 Å². The molecule has 0 aliphatic carbocycles. The Morgan fingerprint density at radius 2 is 1.96 bits per heavy atom. The Bertz CT molecular complexity index is 865. The van der Waals surface area contributed by atoms with Crippen molar-refractivity contribution in [3.05, 3.63) is 65.5 Å². The van der Waals surface area contributed by atoms with Crippen molar-refractivity contribution in [1.82, 2.24) is 5.32 Å². The van der Waals surface area contributed by atoms with E-state index in [-0.39, 0.29) is 35.9 Å². The summed E-state index contributed by atoms with van der Waals surface area (Å²) in [6.07, 6.45) is 0.439. The van der Waals surface area contributed by atoms with E-state index in [1.165, 1.54) is 12.1 Å². The van der Waals surface area contributed by atoms with Crippen molar-refractivity contribution in [1.29, 1.82) is 0 Å². The van der Waals surface area contributed by atoms with E-state index in [9.17, 15) is 17.6 Å². The van der Waals surface area contributed by atoms with Gasteiger partial charge in [0.05, 0.1) is 11.5 Å². The van der Waals surface area contributed by atoms with Crippen molar-refractivity contribution in [2.24, 2.45) is 0 Å². The maximum absolute atomic E-state index is 12.9. The van der Waals surface area contributed by atoms with Crippen LogP contribution in [0.15, 0.2) is 48.5 Å². The van der Waals surface area contributed by atoms with Gasteiger partial charge < -0.3 is 10.1 Å². The zero-order chi connectivity index (χ0) is 17.9. The average molecular weight is 363 g/mol. The summed E-state index contributed by atoms with van der Waals surface area (Å²) in [5.74, 6) is -0.0279. The van der Waals surface area contributed by atoms with Crippen molar-refractivity contribution in [3.8, 4) is 5.75 Å². The van der Waals surface area contributed by atoms with Crippen LogP contribution < -0.4 is 10.1 Å². The van der Waals surface area contributed by atoms with E-state index in [2.05, 4.69) is 5.32 Å². The molecule has 0 radical (unpaired) electrons. The molecule has 2 aromatic rings. The number of sulfone groups is 1. The van der Waals surface area contributed by atoms with Gasteiger partial charge in [-0.2, -0.15) is 0 Å². The first kappa shape index (κ1) is 17.4. The third kappa shape index (κ3) is 4.79. The number of hydrogen-bond acceptors (Lipinski definition) is 4. The van der Waals surface area contributed by atoms with Gasteiger partial charge in [-0.3, -0.25) is 4.79 Å². The molecule has 1 heterocycles. The monoisotopic (exact) mass is 363 g/mol. The van der Waals surface area contributed by atoms with Crippen LogP contribution in [0.4, 0.5) is 4.39 Å². The topological polar surface area (TPSA) is 72.5 Å². The SMILES string of the molecule is O=C(N[C@H]1CCS(=O)(=O)C1)c1cccc(OCc2ccc(F)cc2)c1. The minimum absolute atomic E-state index is 0.0144. The smallest absolute Gasteiger partial charge is 0.251 e. The normalized spacial score (nSPS) is 18.7. The summed E-state index contributed by atoms with van der Waals surface area (Å²) in [5, 5.41) is 2.74. The largest absolute Gasteiger partial charge is 0.489 e. The Balaban J connectivity index is 1.60. The molecule has 0 aromatic heterocycles. The molecule has 2 aromatic carbocycles. The second-order valence-electron chi connectivity index (χ2n) is 6.02. The van der Waals surface area contributed by atoms with Crippen molar-refractivity contribution in [2.45, 2.75) is 19.1 Å². The third-order valence-electron chi connectivity index (χ3n) is 3.98. The molecule has 1 aliphatic heterocycles. The van der Waals surface area contributed by atoms with Crippen molar-refractivity contribution in [3.63, 3.8) is 0 Å². The summed E-state index contributed by atoms with van der Waals surface area (Å²) in [4.78, 5) is 12.3. The van der Waals surface area contributed by atoms with E-state index in [0.717, 1.165) is 5.56 Å². The van der Waals surface area contributed by atoms with E-state index < -0.39 is 9.84 Å². The van der Waals surface area contributed by atoms with Crippen LogP contribution in [0.3, 0.4) is 0 Å². The van der Waals surface area contributed by atoms with Crippen molar-refractivity contribution >= 4 is 15.7 Å². The second-order valence-corrected chi connectivity index (χ2v) is 8.25. The first-order valence-electron chi connectivity index (χ1n) is 7.90. The highest BCUT2D eigenvalue weighted by Gasteiger charge is 2.29. The van der Waals surface area contributed by atoms with Crippen LogP contribution in [-0.2, 0) is 16.4 Å². The van der Waals surface area contributed by atoms with Crippen molar-refractivity contribution in [2.75, 3.05) is 11.5 Å². The zero-order valence-corrected chi connectivity index (χ0v) is 14.3. The molecular weight excluding hydrogens is 345 g/mol. The Kier molecular flexibility index (Phi) is 5.03. The molecule has 0 bridgehead atoms. The summed E-state index contributed by atoms with van der Waals surface area (Å²) in [5.41, 5.74) is 1.22. The predicted octanol–water partition coefficient (Wildman–Crippen LogP) is 2.32. The lowest BCUT2D eigenvalue weighted by atomic mass is 10.1. The Hall–Kier alpha value is -2.41. The zero-order valence-electron chi connectivity index (χ0n) is 13.4. The van der Waals surface area contributed by atoms with Crippen LogP contribution in [0.5, 0.6) is 5.75 Å². The fourth-order valence-electron chi connectivity index (χ4n) is 2.65. The maximum Gasteiger partial charge on any atom is 0.251 e. The molecule has 1 saturated heterocycles. The first-order chi connectivity index (χ1) is 11.9. The van der Waals surface area contributed by atoms with Gasteiger partial charge in [0, 0.05) is 11.6 Å². The van der Waals surface area contributed by atoms with Gasteiger partial charge in [0.25, 0.3) is 5.91 Å². The molecule has 1 aliphatic rings. The lowest BCUT2D eigenvalue weighted by Gasteiger charge is -2.12. The highest BCUT2D eigenvalue weighted by molar-refractivity contribution is 7.91. The quantitative estimate of drug-likeness (QED) is 0.885. The molecule has 7 heteroatoms. The molecule has 1 amide bonds. The average Bonchev–Trinajstić information content (AvgIpc) is 2.93. The van der Waals surface area contributed by atoms with Gasteiger partial charge in [0.2, 0.25) is 0 Å². The summed E-state index contributed by atoms with van der Waals surface area (Å²) < 4.78 is 41.4. The van der Waals surface area contributed by atoms with Gasteiger partial charge in [0.1, 0.15) is 18.2 Å². The summed E-state index contributed by atoms with van der Waals surface area (Å²) in [7, 11) is -3.04. The summed E-state index contributed by atoms with van der Waals surface area (Å²) >= 11 is 0. The van der Waals surface area contributed by atoms with E-state index in [1.807, 2.05) is 0 Å². The number of carbonyl (C=O) groups excluding carboxylic acids is 1. The van der Waals surface area contributed by atoms with Gasteiger partial charge in [-0.05, 0) is 42.3 Å². The van der Waals surface area contributed by atoms with Crippen LogP contribution in [0.1, 0.15) is 22.3 Å². The number of amides is 1. The Labute approximate surface area is 145 Å². The number of rotatable bonds is 5. The number of carbonyl (C=O) groups is 1. The summed E-state index contributed by atoms with van der Waals surface area (Å²) in [6, 6.07) is 12.3. The standard InChI is InChI=1S/C18H18FNO4S/c19-15-6-4-13(5-7-15)11-24-17-3-1-2-14(10-17)18(21)20-16-8-9-25(22,23)12-16/h1-7,10,16H,8-9,11-12H2,(H,20,21)/t16-/m0/s1. The lowest BCUT2D eigenvalue weighted by molar-refractivity contribution is 0.0940. The van der Waals surface area contributed by atoms with Crippen molar-refractivity contribution < 1.29 is 22.3 Å². The molecule has 3 rings (SSSR count). The number of benzene rings is 2. The van der Waals surface area contributed by atoms with Crippen LogP contribution in [0, 0.1) is 5.82 Å². The Morgan fingerprint density at radius 1 is 1.20 bits per heavy atom. The maximum atomic E-state index is 12.9. The number of nitrogens with one attached hydrogen (secondary N) is 1. The fourth-order valence-corrected chi connectivity index (χ4v) is 4.33. The molecule has 5 nitrogen and oxygen atoms in total. The minimum Gasteiger partial charge on any atom is -0.489 e. The molecule has 0 spiro atoms. The van der Waals surface area contributed by atoms with Gasteiger partial charge >= 0.3 is 0 Å². The number of ether oxygens (including phenoxy) is 1. The van der Waals surface area contributed by atoms with Crippen LogP contribution in [-0.4, -0.2) is 31.9 Å². The third-order valence-corrected chi connectivity index (χ3v) is 5.75. The summed E-state index contributed by atoms with van der Waals surface area (Å²) in [6.45, 7) is 0.256. The van der Waals surface area contributed by atoms with E-state index >= 15 is 0 Å². The molecule has 0 unspecified atom stereocenters. The lowest BCUT2D eigenvalue weighted by Crippen LogP contribution is -2.35. The van der Waals surface area contributed by atoms with E-state index in [4.69, 9.17) is 4.74 Å². The predicted molar refractivity (Wildman–Crippen MR) is 91.7 cm³/mol. The van der Waals surface area contributed by atoms with E-state index in [0.29, 0.717) is 17.7 Å². The molecule has 25 heavy (non-hydrogen) atoms. The van der Waals surface area contributed by atoms with Crippen LogP contribution in [0.2, 0.25) is 0 Å². The first-order valence-corrected chi connectivity index (χ1v) is 9.72. The van der Waals surface area contributed by atoms with E-state index in [1.54, 1.807) is 36.4 Å². The Morgan fingerprint density at radius 3 is 2.64 bits per heavy atom. The molecule has 132 valence electrons. The number of hydrogen-bond donors (Lipinski definition) is 1. The molecular formula is C18H18FNO4S. The highest BCUT2D eigenvalue weighted by Crippen LogP contribution is 2.17. The van der Waals surface area contributed by atoms with Gasteiger partial charge in [-0.25, -0.2) is 12.8 Å². The number of halogens is 1. The minimum atomic E-state index is -3.04. The molecule has 1 fully saturated rings. The highest BCUT2D eigenvalue weighted by atomic mass is 32.2. The second kappa shape index (κ2) is 7.23. The van der Waals surface area contributed by atoms with Gasteiger partial charge in [-0.15, -0.1) is 0 Å².